The van der Waals surface area contributed by atoms with Crippen LogP contribution in [0.2, 0.25) is 0 Å². The minimum absolute atomic E-state index is 0.0807. The van der Waals surface area contributed by atoms with Gasteiger partial charge in [0.05, 0.1) is 13.2 Å². The second-order valence-electron chi connectivity index (χ2n) is 6.38. The Hall–Kier alpha value is -2.01. The van der Waals surface area contributed by atoms with E-state index in [2.05, 4.69) is 10.3 Å². The van der Waals surface area contributed by atoms with Crippen molar-refractivity contribution in [3.63, 3.8) is 0 Å². The topological polar surface area (TPSA) is 63.4 Å². The summed E-state index contributed by atoms with van der Waals surface area (Å²) in [6.07, 6.45) is 7.55. The van der Waals surface area contributed by atoms with Crippen molar-refractivity contribution < 1.29 is 14.3 Å². The van der Waals surface area contributed by atoms with Crippen molar-refractivity contribution in [2.75, 3.05) is 20.3 Å². The lowest BCUT2D eigenvalue weighted by atomic mass is 9.98. The third-order valence-corrected chi connectivity index (χ3v) is 4.59. The molecular weight excluding hydrogens is 304 g/mol. The second-order valence-corrected chi connectivity index (χ2v) is 6.38. The van der Waals surface area contributed by atoms with Gasteiger partial charge in [-0.1, -0.05) is 19.3 Å². The number of hydrogen-bond acceptors (Lipinski definition) is 3. The van der Waals surface area contributed by atoms with Gasteiger partial charge < -0.3 is 19.8 Å². The summed E-state index contributed by atoms with van der Waals surface area (Å²) in [5.41, 5.74) is 1.48. The lowest BCUT2D eigenvalue weighted by Crippen LogP contribution is -2.26. The van der Waals surface area contributed by atoms with Gasteiger partial charge in [-0.15, -0.1) is 0 Å². The zero-order valence-corrected chi connectivity index (χ0v) is 14.3. The van der Waals surface area contributed by atoms with E-state index >= 15 is 0 Å². The highest BCUT2D eigenvalue weighted by Crippen LogP contribution is 2.21. The molecule has 0 unspecified atom stereocenters. The van der Waals surface area contributed by atoms with Gasteiger partial charge in [0.15, 0.2) is 0 Å². The fourth-order valence-electron chi connectivity index (χ4n) is 3.21. The van der Waals surface area contributed by atoms with Gasteiger partial charge in [0, 0.05) is 30.1 Å². The van der Waals surface area contributed by atoms with E-state index in [4.69, 9.17) is 9.47 Å². The average molecular weight is 330 g/mol. The Labute approximate surface area is 142 Å². The average Bonchev–Trinajstić information content (AvgIpc) is 3.05. The number of carbonyl (C=O) groups excluding carboxylic acids is 1. The molecule has 2 N–H and O–H groups in total. The highest BCUT2D eigenvalue weighted by molar-refractivity contribution is 5.98. The van der Waals surface area contributed by atoms with Gasteiger partial charge in [-0.3, -0.25) is 4.79 Å². The van der Waals surface area contributed by atoms with E-state index in [9.17, 15) is 4.79 Å². The largest absolute Gasteiger partial charge is 0.497 e. The first kappa shape index (κ1) is 16.8. The van der Waals surface area contributed by atoms with Crippen LogP contribution in [-0.2, 0) is 4.74 Å². The molecule has 1 aromatic heterocycles. The molecule has 0 spiro atoms. The molecule has 0 aliphatic heterocycles. The molecular formula is C19H26N2O3. The first-order chi connectivity index (χ1) is 11.8. The number of hydrogen-bond donors (Lipinski definition) is 2. The number of methoxy groups -OCH3 is 1. The molecule has 5 nitrogen and oxygen atoms in total. The van der Waals surface area contributed by atoms with Crippen molar-refractivity contribution in [3.8, 4) is 5.75 Å². The molecule has 3 rings (SSSR count). The Balaban J connectivity index is 1.43. The van der Waals surface area contributed by atoms with Crippen molar-refractivity contribution in [2.24, 2.45) is 0 Å². The van der Waals surface area contributed by atoms with Crippen LogP contribution in [0.15, 0.2) is 24.3 Å². The van der Waals surface area contributed by atoms with Crippen LogP contribution in [-0.4, -0.2) is 37.3 Å². The number of benzene rings is 1. The summed E-state index contributed by atoms with van der Waals surface area (Å²) in [5.74, 6) is 0.694. The monoisotopic (exact) mass is 330 g/mol. The third-order valence-electron chi connectivity index (χ3n) is 4.59. The first-order valence-electron chi connectivity index (χ1n) is 8.83. The summed E-state index contributed by atoms with van der Waals surface area (Å²) in [5, 5.41) is 3.95. The SMILES string of the molecule is COc1ccc2cc(C(=O)NCCCOC3CCCCC3)[nH]c2c1. The van der Waals surface area contributed by atoms with Crippen LogP contribution in [0.4, 0.5) is 0 Å². The number of rotatable bonds is 7. The van der Waals surface area contributed by atoms with E-state index in [1.807, 2.05) is 24.3 Å². The Morgan fingerprint density at radius 2 is 2.08 bits per heavy atom. The molecule has 2 aromatic rings. The fraction of sp³-hybridized carbons (Fsp3) is 0.526. The molecule has 1 aromatic carbocycles. The van der Waals surface area contributed by atoms with Crippen molar-refractivity contribution in [2.45, 2.75) is 44.6 Å². The summed E-state index contributed by atoms with van der Waals surface area (Å²) < 4.78 is 11.1. The zero-order chi connectivity index (χ0) is 16.8. The Bertz CT molecular complexity index is 674. The molecule has 1 amide bonds. The maximum absolute atomic E-state index is 12.2. The van der Waals surface area contributed by atoms with Gasteiger partial charge in [0.1, 0.15) is 11.4 Å². The number of nitrogens with one attached hydrogen (secondary N) is 2. The second kappa shape index (κ2) is 8.20. The molecule has 0 atom stereocenters. The molecule has 0 bridgehead atoms. The smallest absolute Gasteiger partial charge is 0.267 e. The molecule has 5 heteroatoms. The Morgan fingerprint density at radius 3 is 2.88 bits per heavy atom. The van der Waals surface area contributed by atoms with Gasteiger partial charge in [-0.2, -0.15) is 0 Å². The number of ether oxygens (including phenoxy) is 2. The summed E-state index contributed by atoms with van der Waals surface area (Å²) in [7, 11) is 1.63. The molecule has 1 fully saturated rings. The van der Waals surface area contributed by atoms with Gasteiger partial charge in [0.25, 0.3) is 5.91 Å². The van der Waals surface area contributed by atoms with Gasteiger partial charge in [0.2, 0.25) is 0 Å². The number of H-pyrrole nitrogens is 1. The number of fused-ring (bicyclic) bond motifs is 1. The van der Waals surface area contributed by atoms with Crippen molar-refractivity contribution >= 4 is 16.8 Å². The highest BCUT2D eigenvalue weighted by Gasteiger charge is 2.13. The van der Waals surface area contributed by atoms with Gasteiger partial charge in [-0.05, 0) is 37.5 Å². The molecule has 24 heavy (non-hydrogen) atoms. The van der Waals surface area contributed by atoms with Crippen molar-refractivity contribution in [1.82, 2.24) is 10.3 Å². The van der Waals surface area contributed by atoms with Gasteiger partial charge >= 0.3 is 0 Å². The minimum atomic E-state index is -0.0807. The van der Waals surface area contributed by atoms with Crippen molar-refractivity contribution in [1.29, 1.82) is 0 Å². The minimum Gasteiger partial charge on any atom is -0.497 e. The summed E-state index contributed by atoms with van der Waals surface area (Å²) in [6.45, 7) is 1.35. The first-order valence-corrected chi connectivity index (χ1v) is 8.83. The number of carbonyl (C=O) groups is 1. The molecule has 0 saturated heterocycles. The zero-order valence-electron chi connectivity index (χ0n) is 14.3. The Kier molecular flexibility index (Phi) is 5.75. The summed E-state index contributed by atoms with van der Waals surface area (Å²) in [6, 6.07) is 7.59. The molecule has 1 heterocycles. The highest BCUT2D eigenvalue weighted by atomic mass is 16.5. The maximum Gasteiger partial charge on any atom is 0.267 e. The van der Waals surface area contributed by atoms with Crippen LogP contribution in [0.5, 0.6) is 5.75 Å². The molecule has 0 radical (unpaired) electrons. The normalized spacial score (nSPS) is 15.5. The maximum atomic E-state index is 12.2. The third kappa shape index (κ3) is 4.29. The van der Waals surface area contributed by atoms with Crippen LogP contribution in [0.25, 0.3) is 10.9 Å². The Morgan fingerprint density at radius 1 is 1.25 bits per heavy atom. The lowest BCUT2D eigenvalue weighted by molar-refractivity contribution is 0.0273. The van der Waals surface area contributed by atoms with E-state index in [0.29, 0.717) is 18.3 Å². The van der Waals surface area contributed by atoms with Crippen LogP contribution in [0.1, 0.15) is 49.0 Å². The fourth-order valence-corrected chi connectivity index (χ4v) is 3.21. The summed E-state index contributed by atoms with van der Waals surface area (Å²) >= 11 is 0. The predicted molar refractivity (Wildman–Crippen MR) is 94.6 cm³/mol. The number of amides is 1. The van der Waals surface area contributed by atoms with E-state index in [1.54, 1.807) is 7.11 Å². The number of aromatic amines is 1. The van der Waals surface area contributed by atoms with Crippen LogP contribution in [0, 0.1) is 0 Å². The van der Waals surface area contributed by atoms with Crippen LogP contribution >= 0.6 is 0 Å². The van der Waals surface area contributed by atoms with E-state index in [0.717, 1.165) is 29.7 Å². The van der Waals surface area contributed by atoms with Crippen LogP contribution < -0.4 is 10.1 Å². The molecule has 1 saturated carbocycles. The lowest BCUT2D eigenvalue weighted by Gasteiger charge is -2.21. The number of aromatic nitrogens is 1. The van der Waals surface area contributed by atoms with Crippen LogP contribution in [0.3, 0.4) is 0 Å². The van der Waals surface area contributed by atoms with E-state index in [-0.39, 0.29) is 5.91 Å². The molecule has 1 aliphatic carbocycles. The van der Waals surface area contributed by atoms with E-state index in [1.165, 1.54) is 32.1 Å². The summed E-state index contributed by atoms with van der Waals surface area (Å²) in [4.78, 5) is 15.4. The van der Waals surface area contributed by atoms with E-state index < -0.39 is 0 Å². The standard InChI is InChI=1S/C19H26N2O3/c1-23-16-9-8-14-12-18(21-17(14)13-16)19(22)20-10-5-11-24-15-6-3-2-4-7-15/h8-9,12-13,15,21H,2-7,10-11H2,1H3,(H,20,22). The van der Waals surface area contributed by atoms with Gasteiger partial charge in [-0.25, -0.2) is 0 Å². The molecule has 130 valence electrons. The van der Waals surface area contributed by atoms with Crippen molar-refractivity contribution in [3.05, 3.63) is 30.0 Å². The quantitative estimate of drug-likeness (QED) is 0.762. The predicted octanol–water partition coefficient (Wildman–Crippen LogP) is 3.65. The molecule has 1 aliphatic rings.